The zero-order valence-electron chi connectivity index (χ0n) is 43.1. The van der Waals surface area contributed by atoms with Crippen LogP contribution in [0.5, 0.6) is 5.75 Å². The lowest BCUT2D eigenvalue weighted by Crippen LogP contribution is -2.57. The Balaban J connectivity index is 1.20. The molecule has 12 nitrogen and oxygen atoms in total. The summed E-state index contributed by atoms with van der Waals surface area (Å²) in [6, 6.07) is 49.8. The Morgan fingerprint density at radius 3 is 1.68 bits per heavy atom. The van der Waals surface area contributed by atoms with Gasteiger partial charge in [-0.15, -0.1) is 11.8 Å². The van der Waals surface area contributed by atoms with E-state index in [1.54, 1.807) is 70.0 Å². The molecule has 4 amide bonds. The van der Waals surface area contributed by atoms with Crippen molar-refractivity contribution in [2.24, 2.45) is 5.92 Å². The van der Waals surface area contributed by atoms with Gasteiger partial charge in [0.25, 0.3) is 0 Å². The summed E-state index contributed by atoms with van der Waals surface area (Å²) in [4.78, 5) is 72.1. The number of likely N-dealkylation sites (N-methyl/N-ethyl adjacent to an activating group) is 2. The summed E-state index contributed by atoms with van der Waals surface area (Å²) in [5.74, 6) is -2.49. The first-order valence-corrected chi connectivity index (χ1v) is 26.0. The van der Waals surface area contributed by atoms with Crippen molar-refractivity contribution in [2.45, 2.75) is 75.4 Å². The molecule has 0 saturated carbocycles. The number of carboxylic acid groups (broad SMARTS) is 1. The molecule has 13 heteroatoms. The Morgan fingerprint density at radius 1 is 0.689 bits per heavy atom. The van der Waals surface area contributed by atoms with Crippen LogP contribution in [0.1, 0.15) is 73.4 Å². The van der Waals surface area contributed by atoms with Crippen molar-refractivity contribution in [3.63, 3.8) is 0 Å². The summed E-state index contributed by atoms with van der Waals surface area (Å²) in [5, 5.41) is 16.1. The minimum atomic E-state index is -1.17. The Hall–Kier alpha value is -7.64. The number of carbonyl (C=O) groups excluding carboxylic acids is 4. The maximum absolute atomic E-state index is 14.6. The molecule has 0 saturated heterocycles. The minimum absolute atomic E-state index is 0.0542. The standard InChI is InChI=1S/C61H66N4O8S/c1-8-40(2)55(59(69)70)65(6)57(67)42(4)64(5)58(68)54(37-43-32-34-48(72-7)35-33-43)63-56(66)41(3)36-47(62-60(71)73-38-53-51-30-20-18-28-49(51)50-29-19-21-31-52(50)53)39-74-61(44-22-12-9-13-23-44,45-24-14-10-15-25-45)46-26-16-11-17-27-46/h9-36,40,42,47,53-55H,8,37-39H2,1-7H3,(H,62,71)(H,63,66)(H,69,70)/b41-36+/t40-,42-,47+,54-,55-/m0/s1. The van der Waals surface area contributed by atoms with Crippen LogP contribution in [-0.4, -0.2) is 102 Å². The number of rotatable bonds is 22. The molecule has 6 aromatic carbocycles. The molecule has 0 spiro atoms. The second kappa shape index (κ2) is 24.9. The topological polar surface area (TPSA) is 155 Å². The average molecular weight is 1020 g/mol. The van der Waals surface area contributed by atoms with Gasteiger partial charge in [0, 0.05) is 37.8 Å². The molecule has 1 aliphatic rings. The second-order valence-corrected chi connectivity index (χ2v) is 20.1. The van der Waals surface area contributed by atoms with Crippen molar-refractivity contribution in [1.29, 1.82) is 0 Å². The summed E-state index contributed by atoms with van der Waals surface area (Å²) in [7, 11) is 4.45. The molecule has 0 fully saturated rings. The molecular weight excluding hydrogens is 949 g/mol. The van der Waals surface area contributed by atoms with E-state index in [0.717, 1.165) is 38.9 Å². The maximum Gasteiger partial charge on any atom is 0.407 e. The third kappa shape index (κ3) is 12.2. The smallest absolute Gasteiger partial charge is 0.407 e. The first-order chi connectivity index (χ1) is 35.7. The predicted molar refractivity (Wildman–Crippen MR) is 292 cm³/mol. The van der Waals surface area contributed by atoms with Crippen molar-refractivity contribution in [3.05, 3.63) is 209 Å². The van der Waals surface area contributed by atoms with Gasteiger partial charge < -0.3 is 35.0 Å². The molecule has 0 radical (unpaired) electrons. The quantitative estimate of drug-likeness (QED) is 0.0445. The van der Waals surface area contributed by atoms with Crippen molar-refractivity contribution in [3.8, 4) is 16.9 Å². The van der Waals surface area contributed by atoms with Gasteiger partial charge >= 0.3 is 12.1 Å². The number of nitrogens with one attached hydrogen (secondary N) is 2. The van der Waals surface area contributed by atoms with Gasteiger partial charge in [0.2, 0.25) is 17.7 Å². The van der Waals surface area contributed by atoms with Crippen LogP contribution in [-0.2, 0) is 35.1 Å². The van der Waals surface area contributed by atoms with Crippen molar-refractivity contribution in [2.75, 3.05) is 33.6 Å². The molecule has 0 unspecified atom stereocenters. The van der Waals surface area contributed by atoms with Crippen LogP contribution in [0.3, 0.4) is 0 Å². The summed E-state index contributed by atoms with van der Waals surface area (Å²) in [5.41, 5.74) is 8.33. The highest BCUT2D eigenvalue weighted by atomic mass is 32.2. The number of carboxylic acids is 1. The number of carbonyl (C=O) groups is 5. The van der Waals surface area contributed by atoms with Gasteiger partial charge in [-0.1, -0.05) is 178 Å². The normalized spacial score (nSPS) is 14.2. The molecule has 384 valence electrons. The van der Waals surface area contributed by atoms with E-state index in [9.17, 15) is 29.1 Å². The maximum atomic E-state index is 14.6. The fraction of sp³-hybridized carbons (Fsp3) is 0.295. The number of nitrogens with zero attached hydrogens (tertiary/aromatic N) is 2. The van der Waals surface area contributed by atoms with Gasteiger partial charge in [-0.3, -0.25) is 14.4 Å². The first-order valence-electron chi connectivity index (χ1n) is 25.0. The molecule has 0 aromatic heterocycles. The molecule has 3 N–H and O–H groups in total. The third-order valence-corrected chi connectivity index (χ3v) is 15.8. The largest absolute Gasteiger partial charge is 0.497 e. The van der Waals surface area contributed by atoms with Crippen LogP contribution in [0.2, 0.25) is 0 Å². The van der Waals surface area contributed by atoms with Crippen molar-refractivity contribution < 1.29 is 38.6 Å². The summed E-state index contributed by atoms with van der Waals surface area (Å²) < 4.78 is 10.7. The van der Waals surface area contributed by atoms with E-state index in [2.05, 4.69) is 71.3 Å². The van der Waals surface area contributed by atoms with Gasteiger partial charge in [0.05, 0.1) is 17.9 Å². The average Bonchev–Trinajstić information content (AvgIpc) is 3.75. The molecule has 0 bridgehead atoms. The Bertz CT molecular complexity index is 2770. The number of methoxy groups -OCH3 is 1. The number of benzene rings is 6. The van der Waals surface area contributed by atoms with Gasteiger partial charge in [0.1, 0.15) is 30.5 Å². The molecule has 1 aliphatic carbocycles. The highest BCUT2D eigenvalue weighted by molar-refractivity contribution is 8.00. The number of hydrogen-bond donors (Lipinski definition) is 3. The van der Waals surface area contributed by atoms with Gasteiger partial charge in [-0.05, 0) is 76.4 Å². The van der Waals surface area contributed by atoms with E-state index in [1.165, 1.54) is 23.9 Å². The number of ether oxygens (including phenoxy) is 2. The Morgan fingerprint density at radius 2 is 1.19 bits per heavy atom. The number of fused-ring (bicyclic) bond motifs is 3. The number of aliphatic carboxylic acids is 1. The van der Waals surface area contributed by atoms with Crippen LogP contribution < -0.4 is 15.4 Å². The van der Waals surface area contributed by atoms with E-state index in [0.29, 0.717) is 17.7 Å². The van der Waals surface area contributed by atoms with Gasteiger partial charge in [0.15, 0.2) is 0 Å². The van der Waals surface area contributed by atoms with Gasteiger partial charge in [-0.2, -0.15) is 0 Å². The fourth-order valence-corrected chi connectivity index (χ4v) is 11.3. The molecule has 74 heavy (non-hydrogen) atoms. The van der Waals surface area contributed by atoms with Crippen LogP contribution >= 0.6 is 11.8 Å². The number of amides is 4. The molecule has 6 aromatic rings. The summed E-state index contributed by atoms with van der Waals surface area (Å²) >= 11 is 1.61. The Labute approximate surface area is 439 Å². The number of alkyl carbamates (subject to hydrolysis) is 1. The van der Waals surface area contributed by atoms with Gasteiger partial charge in [-0.25, -0.2) is 9.59 Å². The molecule has 0 heterocycles. The molecule has 0 aliphatic heterocycles. The van der Waals surface area contributed by atoms with Crippen molar-refractivity contribution >= 4 is 41.5 Å². The number of hydrogen-bond acceptors (Lipinski definition) is 8. The van der Waals surface area contributed by atoms with Crippen LogP contribution in [0, 0.1) is 5.92 Å². The third-order valence-electron chi connectivity index (χ3n) is 14.2. The minimum Gasteiger partial charge on any atom is -0.497 e. The zero-order chi connectivity index (χ0) is 52.9. The van der Waals surface area contributed by atoms with E-state index >= 15 is 0 Å². The van der Waals surface area contributed by atoms with Crippen molar-refractivity contribution in [1.82, 2.24) is 20.4 Å². The fourth-order valence-electron chi connectivity index (χ4n) is 9.80. The number of thioether (sulfide) groups is 1. The Kier molecular flexibility index (Phi) is 18.2. The first kappa shape index (κ1) is 54.1. The lowest BCUT2D eigenvalue weighted by molar-refractivity contribution is -0.154. The SMILES string of the molecule is CC[C@H](C)[C@@H](C(=O)O)N(C)C(=O)[C@H](C)N(C)C(=O)[C@H](Cc1ccc(OC)cc1)NC(=O)/C(C)=C/[C@H](CSC(c1ccccc1)(c1ccccc1)c1ccccc1)NC(=O)OCC1c2ccccc2-c2ccccc21. The lowest BCUT2D eigenvalue weighted by atomic mass is 9.84. The summed E-state index contributed by atoms with van der Waals surface area (Å²) in [6.45, 7) is 6.88. The van der Waals surface area contributed by atoms with E-state index in [1.807, 2.05) is 85.8 Å². The molecule has 7 rings (SSSR count). The monoisotopic (exact) mass is 1010 g/mol. The van der Waals surface area contributed by atoms with Crippen LogP contribution in [0.4, 0.5) is 4.79 Å². The molecule has 5 atom stereocenters. The van der Waals surface area contributed by atoms with E-state index < -0.39 is 58.7 Å². The van der Waals surface area contributed by atoms with E-state index in [4.69, 9.17) is 9.47 Å². The predicted octanol–water partition coefficient (Wildman–Crippen LogP) is 10.1. The highest BCUT2D eigenvalue weighted by Crippen LogP contribution is 2.49. The second-order valence-electron chi connectivity index (χ2n) is 18.8. The lowest BCUT2D eigenvalue weighted by Gasteiger charge is -2.36. The zero-order valence-corrected chi connectivity index (χ0v) is 43.9. The van der Waals surface area contributed by atoms with E-state index in [-0.39, 0.29) is 36.2 Å². The summed E-state index contributed by atoms with van der Waals surface area (Å²) in [6.07, 6.45) is 1.60. The highest BCUT2D eigenvalue weighted by Gasteiger charge is 2.39. The van der Waals surface area contributed by atoms with Crippen LogP contribution in [0.15, 0.2) is 175 Å². The van der Waals surface area contributed by atoms with Crippen LogP contribution in [0.25, 0.3) is 11.1 Å². The molecular formula is C61H66N4O8S.